The predicted molar refractivity (Wildman–Crippen MR) is 148 cm³/mol. The van der Waals surface area contributed by atoms with Gasteiger partial charge < -0.3 is 0 Å². The molecule has 0 saturated heterocycles. The van der Waals surface area contributed by atoms with E-state index in [0.29, 0.717) is 0 Å². The topological polar surface area (TPSA) is 0 Å². The quantitative estimate of drug-likeness (QED) is 0.197. The normalized spacial score (nSPS) is 9.94. The molecule has 0 aliphatic carbocycles. The highest BCUT2D eigenvalue weighted by atomic mass is 14.2. The van der Waals surface area contributed by atoms with Gasteiger partial charge in [-0.1, -0.05) is 125 Å². The van der Waals surface area contributed by atoms with Gasteiger partial charge in [0.2, 0.25) is 0 Å². The van der Waals surface area contributed by atoms with E-state index in [1.165, 1.54) is 43.4 Å². The van der Waals surface area contributed by atoms with Gasteiger partial charge in [-0.15, -0.1) is 0 Å². The van der Waals surface area contributed by atoms with E-state index in [2.05, 4.69) is 88.4 Å². The fraction of sp³-hybridized carbons (Fsp3) is 0.419. The van der Waals surface area contributed by atoms with Gasteiger partial charge in [0, 0.05) is 0 Å². The van der Waals surface area contributed by atoms with E-state index in [1.807, 2.05) is 55.4 Å². The summed E-state index contributed by atoms with van der Waals surface area (Å²) in [6.07, 6.45) is 0. The fourth-order valence-corrected chi connectivity index (χ4v) is 3.91. The summed E-state index contributed by atoms with van der Waals surface area (Å²) in [6.45, 7) is 25.2. The van der Waals surface area contributed by atoms with Crippen molar-refractivity contribution in [2.75, 3.05) is 0 Å². The summed E-state index contributed by atoms with van der Waals surface area (Å²) in [6, 6.07) is 22.4. The first-order valence-corrected chi connectivity index (χ1v) is 12.3. The highest BCUT2D eigenvalue weighted by Gasteiger charge is 2.20. The summed E-state index contributed by atoms with van der Waals surface area (Å²) < 4.78 is 0. The van der Waals surface area contributed by atoms with Gasteiger partial charge in [-0.25, -0.2) is 0 Å². The van der Waals surface area contributed by atoms with Crippen molar-refractivity contribution in [1.82, 2.24) is 0 Å². The summed E-state index contributed by atoms with van der Waals surface area (Å²) >= 11 is 0. The molecule has 0 amide bonds. The van der Waals surface area contributed by atoms with Crippen molar-refractivity contribution < 1.29 is 0 Å². The summed E-state index contributed by atoms with van der Waals surface area (Å²) in [5, 5.41) is 8.07. The molecule has 0 heteroatoms. The smallest absolute Gasteiger partial charge is 0.00651 e. The first-order valence-electron chi connectivity index (χ1n) is 12.3. The Labute approximate surface area is 192 Å². The maximum atomic E-state index is 2.36. The Kier molecular flexibility index (Phi) is 12.8. The number of fused-ring (bicyclic) bond motifs is 4. The minimum atomic E-state index is 0.128. The zero-order valence-electron chi connectivity index (χ0n) is 22.3. The molecular formula is C31H46. The molecule has 0 spiro atoms. The van der Waals surface area contributed by atoms with Crippen molar-refractivity contribution in [3.8, 4) is 0 Å². The molecule has 4 aromatic rings. The Morgan fingerprint density at radius 1 is 0.516 bits per heavy atom. The molecule has 31 heavy (non-hydrogen) atoms. The van der Waals surface area contributed by atoms with E-state index in [4.69, 9.17) is 0 Å². The number of aryl methyl sites for hydroxylation is 1. The van der Waals surface area contributed by atoms with Gasteiger partial charge in [-0.3, -0.25) is 0 Å². The van der Waals surface area contributed by atoms with Crippen molar-refractivity contribution in [3.05, 3.63) is 71.8 Å². The average Bonchev–Trinajstić information content (AvgIpc) is 2.82. The second-order valence-electron chi connectivity index (χ2n) is 7.59. The molecule has 0 unspecified atom stereocenters. The summed E-state index contributed by atoms with van der Waals surface area (Å²) in [5.41, 5.74) is 2.98. The summed E-state index contributed by atoms with van der Waals surface area (Å²) in [4.78, 5) is 0. The lowest BCUT2D eigenvalue weighted by Gasteiger charge is -2.25. The van der Waals surface area contributed by atoms with Gasteiger partial charge >= 0.3 is 0 Å². The predicted octanol–water partition coefficient (Wildman–Crippen LogP) is 10.9. The molecule has 0 aromatic heterocycles. The molecule has 0 fully saturated rings. The molecule has 170 valence electrons. The molecule has 0 heterocycles. The van der Waals surface area contributed by atoms with E-state index in [0.717, 1.165) is 0 Å². The van der Waals surface area contributed by atoms with Crippen LogP contribution < -0.4 is 0 Å². The molecule has 0 bridgehead atoms. The van der Waals surface area contributed by atoms with Crippen LogP contribution in [0.15, 0.2) is 60.7 Å². The van der Waals surface area contributed by atoms with E-state index < -0.39 is 0 Å². The van der Waals surface area contributed by atoms with Crippen LogP contribution in [0.25, 0.3) is 32.3 Å². The number of hydrogen-bond donors (Lipinski definition) is 0. The fourth-order valence-electron chi connectivity index (χ4n) is 3.91. The lowest BCUT2D eigenvalue weighted by atomic mass is 9.79. The lowest BCUT2D eigenvalue weighted by molar-refractivity contribution is 0.592. The molecule has 4 aromatic carbocycles. The average molecular weight is 419 g/mol. The summed E-state index contributed by atoms with van der Waals surface area (Å²) in [5.74, 6) is 0. The molecular weight excluding hydrogens is 372 g/mol. The van der Waals surface area contributed by atoms with Crippen molar-refractivity contribution in [2.45, 2.75) is 88.5 Å². The first-order chi connectivity index (χ1) is 14.9. The summed E-state index contributed by atoms with van der Waals surface area (Å²) in [7, 11) is 0. The Bertz CT molecular complexity index is 1050. The minimum absolute atomic E-state index is 0.128. The maximum Gasteiger partial charge on any atom is -0.00651 e. The van der Waals surface area contributed by atoms with Gasteiger partial charge in [-0.2, -0.15) is 0 Å². The van der Waals surface area contributed by atoms with Crippen molar-refractivity contribution >= 4 is 32.3 Å². The van der Waals surface area contributed by atoms with Crippen LogP contribution in [0.1, 0.15) is 87.3 Å². The first kappa shape index (κ1) is 28.7. The zero-order valence-corrected chi connectivity index (χ0v) is 22.3. The highest BCUT2D eigenvalue weighted by molar-refractivity contribution is 6.13. The number of hydrogen-bond acceptors (Lipinski definition) is 0. The van der Waals surface area contributed by atoms with Crippen LogP contribution >= 0.6 is 0 Å². The Morgan fingerprint density at radius 2 is 0.968 bits per heavy atom. The van der Waals surface area contributed by atoms with E-state index in [1.54, 1.807) is 0 Å². The maximum absolute atomic E-state index is 2.36. The highest BCUT2D eigenvalue weighted by Crippen LogP contribution is 2.38. The van der Waals surface area contributed by atoms with Crippen molar-refractivity contribution in [2.24, 2.45) is 0 Å². The number of rotatable bonds is 0. The van der Waals surface area contributed by atoms with Crippen LogP contribution in [0, 0.1) is 6.92 Å². The molecule has 0 nitrogen and oxygen atoms in total. The van der Waals surface area contributed by atoms with E-state index >= 15 is 0 Å². The molecule has 4 rings (SSSR count). The van der Waals surface area contributed by atoms with E-state index in [9.17, 15) is 0 Å². The van der Waals surface area contributed by atoms with Gasteiger partial charge in [0.25, 0.3) is 0 Å². The Hall–Kier alpha value is -2.34. The van der Waals surface area contributed by atoms with Crippen LogP contribution in [0.4, 0.5) is 0 Å². The third-order valence-electron chi connectivity index (χ3n) is 4.83. The molecule has 0 aliphatic rings. The second-order valence-corrected chi connectivity index (χ2v) is 7.59. The van der Waals surface area contributed by atoms with Crippen LogP contribution in [-0.2, 0) is 5.41 Å². The standard InChI is InChI=1S/C23H22.4C2H6/c1-15-9-10-16-11-12-19-13-17-7-5-6-8-18(17)14-20(19)21(16)22(15)23(2,3)4;4*1-2/h5-14H,1-4H3;4*1-2H3. The van der Waals surface area contributed by atoms with Gasteiger partial charge in [-0.05, 0) is 67.9 Å². The Balaban J connectivity index is 0.00000102. The van der Waals surface area contributed by atoms with E-state index in [-0.39, 0.29) is 5.41 Å². The van der Waals surface area contributed by atoms with Crippen LogP contribution in [-0.4, -0.2) is 0 Å². The van der Waals surface area contributed by atoms with Crippen molar-refractivity contribution in [1.29, 1.82) is 0 Å². The van der Waals surface area contributed by atoms with Gasteiger partial charge in [0.15, 0.2) is 0 Å². The molecule has 0 N–H and O–H groups in total. The SMILES string of the molecule is CC.CC.CC.CC.Cc1ccc2ccc3cc4ccccc4cc3c2c1C(C)(C)C. The largest absolute Gasteiger partial charge is 0.0683 e. The van der Waals surface area contributed by atoms with Gasteiger partial charge in [0.1, 0.15) is 0 Å². The third-order valence-corrected chi connectivity index (χ3v) is 4.83. The molecule has 0 aliphatic heterocycles. The van der Waals surface area contributed by atoms with Gasteiger partial charge in [0.05, 0.1) is 0 Å². The number of benzene rings is 4. The van der Waals surface area contributed by atoms with Crippen LogP contribution in [0.2, 0.25) is 0 Å². The Morgan fingerprint density at radius 3 is 1.48 bits per heavy atom. The minimum Gasteiger partial charge on any atom is -0.0683 e. The zero-order chi connectivity index (χ0) is 24.2. The van der Waals surface area contributed by atoms with Crippen LogP contribution in [0.5, 0.6) is 0 Å². The van der Waals surface area contributed by atoms with Crippen molar-refractivity contribution in [3.63, 3.8) is 0 Å². The second kappa shape index (κ2) is 13.9. The monoisotopic (exact) mass is 418 g/mol. The third kappa shape index (κ3) is 6.57. The molecule has 0 saturated carbocycles. The molecule has 0 atom stereocenters. The lowest BCUT2D eigenvalue weighted by Crippen LogP contribution is -2.13. The molecule has 0 radical (unpaired) electrons. The van der Waals surface area contributed by atoms with Crippen LogP contribution in [0.3, 0.4) is 0 Å².